The zero-order valence-corrected chi connectivity index (χ0v) is 9.83. The van der Waals surface area contributed by atoms with Crippen molar-refractivity contribution in [3.8, 4) is 0 Å². The van der Waals surface area contributed by atoms with Crippen LogP contribution in [0.25, 0.3) is 0 Å². The Morgan fingerprint density at radius 2 is 2.12 bits per heavy atom. The number of aromatic amines is 1. The van der Waals surface area contributed by atoms with E-state index in [-0.39, 0.29) is 0 Å². The minimum absolute atomic E-state index is 0.930. The van der Waals surface area contributed by atoms with Gasteiger partial charge in [0, 0.05) is 5.75 Å². The number of nitrogens with one attached hydrogen (secondary N) is 1. The molecular formula is C13H14N2S. The summed E-state index contributed by atoms with van der Waals surface area (Å²) in [4.78, 5) is 7.09. The first kappa shape index (κ1) is 11.0. The van der Waals surface area contributed by atoms with Crippen LogP contribution in [0.1, 0.15) is 11.1 Å². The van der Waals surface area contributed by atoms with E-state index < -0.39 is 0 Å². The molecule has 1 N–H and O–H groups in total. The third-order valence-corrected chi connectivity index (χ3v) is 3.33. The average molecular weight is 230 g/mol. The van der Waals surface area contributed by atoms with E-state index in [2.05, 4.69) is 40.8 Å². The standard InChI is InChI=1S/C13H14N2S/c1-2-5-11-6-3-4-7-12(11)9-16-13-8-14-10-15-13/h2-4,6-8,10H,1,5,9H2,(H,14,15). The smallest absolute Gasteiger partial charge is 0.0928 e. The summed E-state index contributed by atoms with van der Waals surface area (Å²) in [5.41, 5.74) is 2.71. The van der Waals surface area contributed by atoms with Gasteiger partial charge in [-0.1, -0.05) is 30.3 Å². The fourth-order valence-corrected chi connectivity index (χ4v) is 2.39. The lowest BCUT2D eigenvalue weighted by Crippen LogP contribution is -1.90. The first-order valence-electron chi connectivity index (χ1n) is 5.19. The molecule has 0 aliphatic heterocycles. The predicted molar refractivity (Wildman–Crippen MR) is 68.5 cm³/mol. The molecule has 0 spiro atoms. The molecule has 2 aromatic rings. The van der Waals surface area contributed by atoms with Crippen LogP contribution in [-0.2, 0) is 12.2 Å². The summed E-state index contributed by atoms with van der Waals surface area (Å²) in [6.45, 7) is 3.78. The minimum atomic E-state index is 0.930. The van der Waals surface area contributed by atoms with Gasteiger partial charge in [0.05, 0.1) is 17.6 Å². The SMILES string of the molecule is C=CCc1ccccc1CSc1cnc[nH]1. The monoisotopic (exact) mass is 230 g/mol. The molecule has 2 rings (SSSR count). The highest BCUT2D eigenvalue weighted by Crippen LogP contribution is 2.22. The third kappa shape index (κ3) is 2.76. The van der Waals surface area contributed by atoms with Crippen LogP contribution in [0.15, 0.2) is 54.5 Å². The van der Waals surface area contributed by atoms with Gasteiger partial charge in [0.1, 0.15) is 0 Å². The number of nitrogens with zero attached hydrogens (tertiary/aromatic N) is 1. The van der Waals surface area contributed by atoms with E-state index in [1.807, 2.05) is 12.3 Å². The normalized spacial score (nSPS) is 10.2. The molecule has 0 unspecified atom stereocenters. The molecule has 2 nitrogen and oxygen atoms in total. The molecule has 0 aliphatic rings. The molecule has 0 aliphatic carbocycles. The molecule has 0 radical (unpaired) electrons. The highest BCUT2D eigenvalue weighted by Gasteiger charge is 2.01. The van der Waals surface area contributed by atoms with Crippen LogP contribution in [0.2, 0.25) is 0 Å². The summed E-state index contributed by atoms with van der Waals surface area (Å²) in [5.74, 6) is 0.964. The van der Waals surface area contributed by atoms with Crippen molar-refractivity contribution in [3.63, 3.8) is 0 Å². The van der Waals surface area contributed by atoms with Crippen molar-refractivity contribution < 1.29 is 0 Å². The quantitative estimate of drug-likeness (QED) is 0.629. The predicted octanol–water partition coefficient (Wildman–Crippen LogP) is 3.43. The lowest BCUT2D eigenvalue weighted by molar-refractivity contribution is 1.17. The number of thioether (sulfide) groups is 1. The van der Waals surface area contributed by atoms with Gasteiger partial charge in [-0.25, -0.2) is 4.98 Å². The van der Waals surface area contributed by atoms with Crippen molar-refractivity contribution in [1.82, 2.24) is 9.97 Å². The van der Waals surface area contributed by atoms with Gasteiger partial charge in [-0.05, 0) is 17.5 Å². The highest BCUT2D eigenvalue weighted by molar-refractivity contribution is 7.98. The van der Waals surface area contributed by atoms with Crippen molar-refractivity contribution in [3.05, 3.63) is 60.6 Å². The Bertz CT molecular complexity index is 449. The topological polar surface area (TPSA) is 28.7 Å². The van der Waals surface area contributed by atoms with Crippen molar-refractivity contribution in [2.75, 3.05) is 0 Å². The molecule has 0 bridgehead atoms. The summed E-state index contributed by atoms with van der Waals surface area (Å²) >= 11 is 1.77. The number of imidazole rings is 1. The number of benzene rings is 1. The Hall–Kier alpha value is -1.48. The van der Waals surface area contributed by atoms with Crippen LogP contribution in [0.5, 0.6) is 0 Å². The van der Waals surface area contributed by atoms with Gasteiger partial charge >= 0.3 is 0 Å². The number of rotatable bonds is 5. The van der Waals surface area contributed by atoms with E-state index in [0.717, 1.165) is 17.2 Å². The van der Waals surface area contributed by atoms with E-state index in [9.17, 15) is 0 Å². The second-order valence-corrected chi connectivity index (χ2v) is 4.48. The lowest BCUT2D eigenvalue weighted by Gasteiger charge is -2.06. The fourth-order valence-electron chi connectivity index (χ4n) is 1.53. The van der Waals surface area contributed by atoms with Gasteiger partial charge < -0.3 is 4.98 Å². The summed E-state index contributed by atoms with van der Waals surface area (Å²) in [6, 6.07) is 8.48. The molecule has 0 amide bonds. The van der Waals surface area contributed by atoms with E-state index in [4.69, 9.17) is 0 Å². The van der Waals surface area contributed by atoms with Crippen molar-refractivity contribution in [2.24, 2.45) is 0 Å². The number of H-pyrrole nitrogens is 1. The van der Waals surface area contributed by atoms with Crippen molar-refractivity contribution in [1.29, 1.82) is 0 Å². The fraction of sp³-hybridized carbons (Fsp3) is 0.154. The second-order valence-electron chi connectivity index (χ2n) is 3.47. The van der Waals surface area contributed by atoms with Gasteiger partial charge in [0.25, 0.3) is 0 Å². The van der Waals surface area contributed by atoms with Gasteiger partial charge in [0.15, 0.2) is 0 Å². The number of allylic oxidation sites excluding steroid dienone is 1. The summed E-state index contributed by atoms with van der Waals surface area (Å²) < 4.78 is 0. The summed E-state index contributed by atoms with van der Waals surface area (Å²) in [5, 5.41) is 1.11. The molecule has 0 saturated heterocycles. The van der Waals surface area contributed by atoms with E-state index in [1.54, 1.807) is 18.1 Å². The highest BCUT2D eigenvalue weighted by atomic mass is 32.2. The Morgan fingerprint density at radius 3 is 2.81 bits per heavy atom. The van der Waals surface area contributed by atoms with Gasteiger partial charge in [0.2, 0.25) is 0 Å². The maximum Gasteiger partial charge on any atom is 0.0928 e. The van der Waals surface area contributed by atoms with Crippen LogP contribution >= 0.6 is 11.8 Å². The first-order chi connectivity index (χ1) is 7.90. The van der Waals surface area contributed by atoms with Crippen molar-refractivity contribution in [2.45, 2.75) is 17.2 Å². The van der Waals surface area contributed by atoms with Crippen LogP contribution in [0.3, 0.4) is 0 Å². The first-order valence-corrected chi connectivity index (χ1v) is 6.17. The molecule has 0 saturated carbocycles. The molecule has 3 heteroatoms. The van der Waals surface area contributed by atoms with Crippen molar-refractivity contribution >= 4 is 11.8 Å². The van der Waals surface area contributed by atoms with Gasteiger partial charge in [-0.15, -0.1) is 18.3 Å². The second kappa shape index (κ2) is 5.56. The average Bonchev–Trinajstić information content (AvgIpc) is 2.81. The van der Waals surface area contributed by atoms with Crippen LogP contribution < -0.4 is 0 Å². The zero-order valence-electron chi connectivity index (χ0n) is 9.02. The number of hydrogen-bond acceptors (Lipinski definition) is 2. The van der Waals surface area contributed by atoms with Gasteiger partial charge in [-0.3, -0.25) is 0 Å². The Balaban J connectivity index is 2.05. The molecule has 16 heavy (non-hydrogen) atoms. The summed E-state index contributed by atoms with van der Waals surface area (Å²) in [7, 11) is 0. The van der Waals surface area contributed by atoms with Crippen LogP contribution in [0, 0.1) is 0 Å². The molecule has 0 atom stereocenters. The summed E-state index contributed by atoms with van der Waals surface area (Å²) in [6.07, 6.45) is 6.43. The van der Waals surface area contributed by atoms with E-state index in [0.29, 0.717) is 0 Å². The molecule has 1 aromatic heterocycles. The zero-order chi connectivity index (χ0) is 11.2. The Morgan fingerprint density at radius 1 is 1.31 bits per heavy atom. The van der Waals surface area contributed by atoms with E-state index in [1.165, 1.54) is 11.1 Å². The number of hydrogen-bond donors (Lipinski definition) is 1. The van der Waals surface area contributed by atoms with Gasteiger partial charge in [-0.2, -0.15) is 0 Å². The Labute approximate surface area is 99.8 Å². The molecule has 1 heterocycles. The molecule has 0 fully saturated rings. The number of aromatic nitrogens is 2. The molecular weight excluding hydrogens is 216 g/mol. The maximum atomic E-state index is 4.00. The molecule has 82 valence electrons. The van der Waals surface area contributed by atoms with E-state index >= 15 is 0 Å². The maximum absolute atomic E-state index is 4.00. The molecule has 1 aromatic carbocycles. The largest absolute Gasteiger partial charge is 0.340 e. The minimum Gasteiger partial charge on any atom is -0.340 e. The van der Waals surface area contributed by atoms with Crippen LogP contribution in [0.4, 0.5) is 0 Å². The Kier molecular flexibility index (Phi) is 3.83. The lowest BCUT2D eigenvalue weighted by atomic mass is 10.1. The third-order valence-electron chi connectivity index (χ3n) is 2.34. The van der Waals surface area contributed by atoms with Crippen LogP contribution in [-0.4, -0.2) is 9.97 Å².